The van der Waals surface area contributed by atoms with Crippen molar-refractivity contribution in [2.75, 3.05) is 13.1 Å². The quantitative estimate of drug-likeness (QED) is 0.617. The fraction of sp³-hybridized carbons (Fsp3) is 1.00. The van der Waals surface area contributed by atoms with Gasteiger partial charge in [0.05, 0.1) is 0 Å². The third-order valence-electron chi connectivity index (χ3n) is 2.58. The van der Waals surface area contributed by atoms with Crippen molar-refractivity contribution < 1.29 is 0 Å². The Hall–Kier alpha value is -0.0800. The van der Waals surface area contributed by atoms with Crippen LogP contribution in [0.5, 0.6) is 0 Å². The van der Waals surface area contributed by atoms with Crippen molar-refractivity contribution in [1.82, 2.24) is 5.01 Å². The number of nitrogens with zero attached hydrogens (tertiary/aromatic N) is 1. The maximum absolute atomic E-state index is 5.73. The molecule has 1 heterocycles. The minimum atomic E-state index is 0.952. The van der Waals surface area contributed by atoms with Crippen molar-refractivity contribution in [3.8, 4) is 0 Å². The molecule has 0 bridgehead atoms. The predicted molar refractivity (Wildman–Crippen MR) is 48.0 cm³/mol. The van der Waals surface area contributed by atoms with Crippen LogP contribution in [0.1, 0.15) is 39.0 Å². The first kappa shape index (κ1) is 9.01. The molecule has 1 saturated heterocycles. The van der Waals surface area contributed by atoms with Crippen LogP contribution in [0.15, 0.2) is 0 Å². The van der Waals surface area contributed by atoms with E-state index in [1.165, 1.54) is 32.1 Å². The van der Waals surface area contributed by atoms with Gasteiger partial charge in [0, 0.05) is 13.1 Å². The lowest BCUT2D eigenvalue weighted by molar-refractivity contribution is 0.289. The Morgan fingerprint density at radius 3 is 2.91 bits per heavy atom. The van der Waals surface area contributed by atoms with E-state index in [2.05, 4.69) is 6.92 Å². The smallest absolute Gasteiger partial charge is 0.0131 e. The third kappa shape index (κ3) is 3.21. The van der Waals surface area contributed by atoms with Gasteiger partial charge in [0.25, 0.3) is 0 Å². The van der Waals surface area contributed by atoms with E-state index in [0.29, 0.717) is 0 Å². The van der Waals surface area contributed by atoms with Gasteiger partial charge in [-0.2, -0.15) is 0 Å². The van der Waals surface area contributed by atoms with Gasteiger partial charge >= 0.3 is 0 Å². The second-order valence-corrected chi connectivity index (χ2v) is 3.62. The second kappa shape index (κ2) is 4.73. The van der Waals surface area contributed by atoms with E-state index in [4.69, 9.17) is 5.84 Å². The van der Waals surface area contributed by atoms with Crippen molar-refractivity contribution in [2.45, 2.75) is 39.0 Å². The summed E-state index contributed by atoms with van der Waals surface area (Å²) in [4.78, 5) is 0. The monoisotopic (exact) mass is 156 g/mol. The molecule has 0 amide bonds. The van der Waals surface area contributed by atoms with Gasteiger partial charge in [0.2, 0.25) is 0 Å². The summed E-state index contributed by atoms with van der Waals surface area (Å²) < 4.78 is 0. The molecule has 11 heavy (non-hydrogen) atoms. The number of hydrogen-bond donors (Lipinski definition) is 1. The van der Waals surface area contributed by atoms with Gasteiger partial charge in [0.1, 0.15) is 0 Å². The second-order valence-electron chi connectivity index (χ2n) is 3.62. The maximum Gasteiger partial charge on any atom is 0.0131 e. The lowest BCUT2D eigenvalue weighted by Gasteiger charge is -2.13. The van der Waals surface area contributed by atoms with Crippen LogP contribution in [0.2, 0.25) is 0 Å². The summed E-state index contributed by atoms with van der Waals surface area (Å²) in [6.07, 6.45) is 6.72. The highest BCUT2D eigenvalue weighted by Gasteiger charge is 2.13. The summed E-state index contributed by atoms with van der Waals surface area (Å²) >= 11 is 0. The van der Waals surface area contributed by atoms with E-state index < -0.39 is 0 Å². The first-order valence-electron chi connectivity index (χ1n) is 4.82. The minimum Gasteiger partial charge on any atom is -0.269 e. The first-order valence-corrected chi connectivity index (χ1v) is 4.82. The molecule has 1 aliphatic rings. The van der Waals surface area contributed by atoms with Crippen molar-refractivity contribution in [2.24, 2.45) is 11.8 Å². The molecule has 66 valence electrons. The number of rotatable bonds is 2. The highest BCUT2D eigenvalue weighted by atomic mass is 15.4. The molecular weight excluding hydrogens is 136 g/mol. The molecule has 0 aromatic carbocycles. The van der Waals surface area contributed by atoms with Gasteiger partial charge < -0.3 is 0 Å². The van der Waals surface area contributed by atoms with Crippen molar-refractivity contribution in [3.05, 3.63) is 0 Å². The van der Waals surface area contributed by atoms with Gasteiger partial charge in [-0.25, -0.2) is 5.01 Å². The Kier molecular flexibility index (Phi) is 3.87. The largest absolute Gasteiger partial charge is 0.269 e. The fourth-order valence-electron chi connectivity index (χ4n) is 1.88. The highest BCUT2D eigenvalue weighted by molar-refractivity contribution is 4.66. The van der Waals surface area contributed by atoms with E-state index in [-0.39, 0.29) is 0 Å². The van der Waals surface area contributed by atoms with Gasteiger partial charge in [-0.1, -0.05) is 19.8 Å². The Morgan fingerprint density at radius 1 is 1.36 bits per heavy atom. The lowest BCUT2D eigenvalue weighted by atomic mass is 9.96. The molecule has 0 aliphatic carbocycles. The molecule has 0 spiro atoms. The van der Waals surface area contributed by atoms with Crippen molar-refractivity contribution in [3.63, 3.8) is 0 Å². The molecule has 0 saturated carbocycles. The van der Waals surface area contributed by atoms with E-state index in [9.17, 15) is 0 Å². The topological polar surface area (TPSA) is 29.3 Å². The Morgan fingerprint density at radius 2 is 2.18 bits per heavy atom. The van der Waals surface area contributed by atoms with Crippen LogP contribution in [0.25, 0.3) is 0 Å². The number of hydrogen-bond acceptors (Lipinski definition) is 2. The minimum absolute atomic E-state index is 0.952. The highest BCUT2D eigenvalue weighted by Crippen LogP contribution is 2.20. The number of hydrazine groups is 1. The zero-order valence-electron chi connectivity index (χ0n) is 7.55. The van der Waals surface area contributed by atoms with Crippen molar-refractivity contribution in [1.29, 1.82) is 0 Å². The molecule has 0 radical (unpaired) electrons. The zero-order chi connectivity index (χ0) is 8.10. The van der Waals surface area contributed by atoms with Crippen LogP contribution in [0.4, 0.5) is 0 Å². The summed E-state index contributed by atoms with van der Waals surface area (Å²) in [6.45, 7) is 4.47. The van der Waals surface area contributed by atoms with Crippen LogP contribution in [-0.4, -0.2) is 18.1 Å². The summed E-state index contributed by atoms with van der Waals surface area (Å²) in [7, 11) is 0. The average molecular weight is 156 g/mol. The predicted octanol–water partition coefficient (Wildman–Crippen LogP) is 1.76. The van der Waals surface area contributed by atoms with E-state index >= 15 is 0 Å². The molecule has 0 aromatic heterocycles. The van der Waals surface area contributed by atoms with E-state index in [1.807, 2.05) is 5.01 Å². The Balaban J connectivity index is 2.22. The maximum atomic E-state index is 5.73. The number of nitrogens with two attached hydrogens (primary N) is 1. The van der Waals surface area contributed by atoms with E-state index in [1.54, 1.807) is 0 Å². The molecule has 2 nitrogen and oxygen atoms in total. The van der Waals surface area contributed by atoms with Crippen molar-refractivity contribution >= 4 is 0 Å². The SMILES string of the molecule is CCCC1CCCN(N)CC1. The van der Waals surface area contributed by atoms with Crippen LogP contribution < -0.4 is 5.84 Å². The molecule has 1 fully saturated rings. The summed E-state index contributed by atoms with van der Waals surface area (Å²) in [5.74, 6) is 6.68. The van der Waals surface area contributed by atoms with Gasteiger partial charge in [-0.15, -0.1) is 0 Å². The zero-order valence-corrected chi connectivity index (χ0v) is 7.55. The molecule has 1 aliphatic heterocycles. The molecule has 1 atom stereocenters. The molecule has 1 unspecified atom stereocenters. The molecule has 0 aromatic rings. The molecule has 2 N–H and O–H groups in total. The lowest BCUT2D eigenvalue weighted by Crippen LogP contribution is -2.31. The molecule has 2 heteroatoms. The summed E-state index contributed by atoms with van der Waals surface area (Å²) in [5.41, 5.74) is 0. The summed E-state index contributed by atoms with van der Waals surface area (Å²) in [6, 6.07) is 0. The fourth-order valence-corrected chi connectivity index (χ4v) is 1.88. The van der Waals surface area contributed by atoms with Crippen LogP contribution >= 0.6 is 0 Å². The van der Waals surface area contributed by atoms with Gasteiger partial charge in [-0.05, 0) is 25.2 Å². The molecule has 1 rings (SSSR count). The Labute approximate surface area is 69.7 Å². The van der Waals surface area contributed by atoms with Gasteiger partial charge in [0.15, 0.2) is 0 Å². The summed E-state index contributed by atoms with van der Waals surface area (Å²) in [5, 5.41) is 1.97. The Bertz CT molecular complexity index is 104. The van der Waals surface area contributed by atoms with Crippen LogP contribution in [0.3, 0.4) is 0 Å². The average Bonchev–Trinajstić information content (AvgIpc) is 2.17. The molecular formula is C9H20N2. The first-order chi connectivity index (χ1) is 5.33. The van der Waals surface area contributed by atoms with Crippen LogP contribution in [0, 0.1) is 5.92 Å². The van der Waals surface area contributed by atoms with Gasteiger partial charge in [-0.3, -0.25) is 5.84 Å². The van der Waals surface area contributed by atoms with E-state index in [0.717, 1.165) is 19.0 Å². The normalized spacial score (nSPS) is 28.4. The standard InChI is InChI=1S/C9H20N2/c1-2-4-9-5-3-7-11(10)8-6-9/h9H,2-8,10H2,1H3. The van der Waals surface area contributed by atoms with Crippen LogP contribution in [-0.2, 0) is 0 Å². The third-order valence-corrected chi connectivity index (χ3v) is 2.58.